The molecule has 1 fully saturated rings. The first kappa shape index (κ1) is 38.4. The second-order valence-corrected chi connectivity index (χ2v) is 20.5. The van der Waals surface area contributed by atoms with Gasteiger partial charge in [-0.25, -0.2) is 16.9 Å². The van der Waals surface area contributed by atoms with Crippen molar-refractivity contribution >= 4 is 48.8 Å². The number of carbonyl (C=O) groups excluding carboxylic acids is 1. The van der Waals surface area contributed by atoms with Crippen molar-refractivity contribution in [3.05, 3.63) is 58.1 Å². The molecule has 0 aromatic heterocycles. The number of amides is 1. The fourth-order valence-electron chi connectivity index (χ4n) is 8.83. The quantitative estimate of drug-likeness (QED) is 0.392. The van der Waals surface area contributed by atoms with Crippen molar-refractivity contribution in [2.45, 2.75) is 81.5 Å². The van der Waals surface area contributed by atoms with E-state index in [0.29, 0.717) is 55.3 Å². The molecule has 2 aromatic rings. The Morgan fingerprint density at radius 1 is 1.16 bits per heavy atom. The van der Waals surface area contributed by atoms with E-state index in [1.165, 1.54) is 29.6 Å². The molecular formula is C38H54ClN3O7S2. The van der Waals surface area contributed by atoms with Crippen LogP contribution in [0.2, 0.25) is 5.02 Å². The minimum absolute atomic E-state index is 0.00562. The molecule has 1 saturated carbocycles. The summed E-state index contributed by atoms with van der Waals surface area (Å²) in [4.78, 5) is 16.0. The van der Waals surface area contributed by atoms with E-state index in [1.807, 2.05) is 32.0 Å². The molecule has 2 aliphatic heterocycles. The summed E-state index contributed by atoms with van der Waals surface area (Å²) in [5.74, 6) is 3.44. The van der Waals surface area contributed by atoms with Gasteiger partial charge in [0.25, 0.3) is 5.91 Å². The Labute approximate surface area is 309 Å². The number of fused-ring (bicyclic) bond motifs is 4. The number of aryl methyl sites for hydroxylation is 1. The summed E-state index contributed by atoms with van der Waals surface area (Å²) in [5.41, 5.74) is 1.72. The van der Waals surface area contributed by atoms with Crippen LogP contribution >= 0.6 is 11.6 Å². The van der Waals surface area contributed by atoms with Crippen LogP contribution in [0, 0.1) is 17.8 Å². The van der Waals surface area contributed by atoms with Crippen molar-refractivity contribution in [3.63, 3.8) is 0 Å². The van der Waals surface area contributed by atoms with Gasteiger partial charge >= 0.3 is 0 Å². The summed E-state index contributed by atoms with van der Waals surface area (Å²) >= 11 is 6.45. The summed E-state index contributed by atoms with van der Waals surface area (Å²) in [5, 5.41) is 12.8. The Hall–Kier alpha value is -2.35. The number of carbonyl (C=O) groups is 1. The van der Waals surface area contributed by atoms with Crippen molar-refractivity contribution in [2.24, 2.45) is 17.8 Å². The monoisotopic (exact) mass is 763 g/mol. The lowest BCUT2D eigenvalue weighted by atomic mass is 9.63. The molecular weight excluding hydrogens is 710 g/mol. The van der Waals surface area contributed by atoms with Crippen LogP contribution in [0.15, 0.2) is 36.4 Å². The fraction of sp³-hybridized carbons (Fsp3) is 0.632. The van der Waals surface area contributed by atoms with Crippen LogP contribution in [0.25, 0.3) is 0 Å². The number of rotatable bonds is 6. The number of nitrogens with one attached hydrogen (secondary N) is 1. The predicted octanol–water partition coefficient (Wildman–Crippen LogP) is 5.05. The van der Waals surface area contributed by atoms with Crippen LogP contribution in [0.3, 0.4) is 0 Å². The van der Waals surface area contributed by atoms with Gasteiger partial charge < -0.3 is 19.5 Å². The minimum atomic E-state index is -3.82. The maximum absolute atomic E-state index is 13.9. The largest absolute Gasteiger partial charge is 0.490 e. The molecule has 2 N–H and O–H groups in total. The number of anilines is 1. The summed E-state index contributed by atoms with van der Waals surface area (Å²) in [6.07, 6.45) is 5.79. The molecule has 2 aromatic carbocycles. The van der Waals surface area contributed by atoms with Gasteiger partial charge in [0, 0.05) is 55.0 Å². The number of sulfonamides is 1. The van der Waals surface area contributed by atoms with E-state index < -0.39 is 36.5 Å². The molecule has 0 radical (unpaired) electrons. The highest BCUT2D eigenvalue weighted by atomic mass is 35.5. The molecule has 1 spiro atoms. The Balaban J connectivity index is 1.42. The lowest BCUT2D eigenvalue weighted by molar-refractivity contribution is -0.0724. The number of ether oxygens (including phenoxy) is 2. The van der Waals surface area contributed by atoms with E-state index in [4.69, 9.17) is 21.1 Å². The number of likely N-dealkylation sites (N-methyl/N-ethyl adjacent to an activating group) is 1. The third-order valence-corrected chi connectivity index (χ3v) is 16.7. The lowest BCUT2D eigenvalue weighted by Crippen LogP contribution is -2.56. The maximum Gasteiger partial charge on any atom is 0.262 e. The molecule has 2 aliphatic carbocycles. The second kappa shape index (κ2) is 14.8. The summed E-state index contributed by atoms with van der Waals surface area (Å²) in [6.45, 7) is 5.86. The normalized spacial score (nSPS) is 33.0. The average molecular weight is 764 g/mol. The van der Waals surface area contributed by atoms with E-state index in [1.54, 1.807) is 6.07 Å². The average Bonchev–Trinajstić information content (AvgIpc) is 3.20. The SMILES string of the molecule is C=S1(=O)NC(=O)c2ccc3c(c2)N(C[C@@H]2CC[C@H]2[C@@](O)(CS(=O)(=O)N(C)CCOC)CCC[C@H](C)[C@H]1C)C[C@@]1(CCCc2cc(Cl)ccc21)CO3. The Morgan fingerprint density at radius 3 is 2.67 bits per heavy atom. The van der Waals surface area contributed by atoms with Gasteiger partial charge in [-0.2, -0.15) is 0 Å². The van der Waals surface area contributed by atoms with Crippen LogP contribution in [-0.4, -0.2) is 97.4 Å². The second-order valence-electron chi connectivity index (χ2n) is 15.6. The van der Waals surface area contributed by atoms with E-state index in [-0.39, 0.29) is 48.5 Å². The zero-order chi connectivity index (χ0) is 36.8. The van der Waals surface area contributed by atoms with Crippen LogP contribution in [0.1, 0.15) is 80.3 Å². The van der Waals surface area contributed by atoms with Gasteiger partial charge in [0.15, 0.2) is 0 Å². The van der Waals surface area contributed by atoms with Crippen LogP contribution in [-0.2, 0) is 36.3 Å². The van der Waals surface area contributed by atoms with Crippen molar-refractivity contribution in [1.82, 2.24) is 9.03 Å². The highest BCUT2D eigenvalue weighted by molar-refractivity contribution is 7.99. The lowest BCUT2D eigenvalue weighted by Gasteiger charge is -2.50. The number of benzene rings is 2. The van der Waals surface area contributed by atoms with E-state index in [2.05, 4.69) is 27.6 Å². The van der Waals surface area contributed by atoms with Gasteiger partial charge in [-0.15, -0.1) is 0 Å². The standard InChI is InChI=1S/C38H54ClN3O7S2/c1-26-8-6-17-38(44,25-51(46,47)41(3)18-19-48-4)33-13-10-30(33)22-42-23-37(16-7-9-28-20-31(39)12-14-32(28)37)24-49-35-15-11-29(21-34(35)42)36(43)40-50(5,45)27(26)2/h11-12,14-15,20-21,26-27,30,33,44H,5-10,13,16-19,22-25H2,1-4H3,(H,40,43,45)/t26-,27+,30-,33+,37-,38-,50?/m0/s1. The first-order valence-electron chi connectivity index (χ1n) is 18.2. The predicted molar refractivity (Wildman–Crippen MR) is 205 cm³/mol. The molecule has 10 nitrogen and oxygen atoms in total. The van der Waals surface area contributed by atoms with Gasteiger partial charge in [0.2, 0.25) is 10.0 Å². The number of halogens is 1. The Kier molecular flexibility index (Phi) is 11.2. The van der Waals surface area contributed by atoms with Gasteiger partial charge in [0.05, 0.1) is 40.0 Å². The van der Waals surface area contributed by atoms with Crippen molar-refractivity contribution in [3.8, 4) is 5.75 Å². The topological polar surface area (TPSA) is 125 Å². The number of hydrogen-bond acceptors (Lipinski definition) is 8. The fourth-order valence-corrected chi connectivity index (χ4v) is 12.1. The number of nitrogens with zero attached hydrogens (tertiary/aromatic N) is 2. The van der Waals surface area contributed by atoms with Crippen LogP contribution in [0.4, 0.5) is 5.69 Å². The molecule has 2 bridgehead atoms. The van der Waals surface area contributed by atoms with E-state index >= 15 is 0 Å². The third-order valence-electron chi connectivity index (χ3n) is 12.3. The minimum Gasteiger partial charge on any atom is -0.490 e. The van der Waals surface area contributed by atoms with Crippen molar-refractivity contribution < 1.29 is 32.0 Å². The number of hydrogen-bond donors (Lipinski definition) is 2. The molecule has 13 heteroatoms. The molecule has 0 saturated heterocycles. The first-order chi connectivity index (χ1) is 24.1. The van der Waals surface area contributed by atoms with Gasteiger partial charge in [-0.1, -0.05) is 31.0 Å². The highest BCUT2D eigenvalue weighted by Gasteiger charge is 2.51. The molecule has 4 aliphatic rings. The Bertz CT molecular complexity index is 1840. The van der Waals surface area contributed by atoms with Gasteiger partial charge in [0.1, 0.15) is 5.75 Å². The summed E-state index contributed by atoms with van der Waals surface area (Å²) < 4.78 is 57.2. The zero-order valence-electron chi connectivity index (χ0n) is 30.4. The number of aliphatic hydroxyl groups is 1. The molecule has 7 atom stereocenters. The van der Waals surface area contributed by atoms with Gasteiger partial charge in [-0.05, 0) is 117 Å². The molecule has 51 heavy (non-hydrogen) atoms. The highest BCUT2D eigenvalue weighted by Crippen LogP contribution is 2.49. The molecule has 6 rings (SSSR count). The molecule has 2 heterocycles. The van der Waals surface area contributed by atoms with Crippen molar-refractivity contribution in [1.29, 1.82) is 0 Å². The molecule has 282 valence electrons. The summed E-state index contributed by atoms with van der Waals surface area (Å²) in [7, 11) is -3.80. The van der Waals surface area contributed by atoms with E-state index in [9.17, 15) is 22.5 Å². The maximum atomic E-state index is 13.9. The first-order valence-corrected chi connectivity index (χ1v) is 22.0. The zero-order valence-corrected chi connectivity index (χ0v) is 32.8. The van der Waals surface area contributed by atoms with Crippen LogP contribution < -0.4 is 14.4 Å². The smallest absolute Gasteiger partial charge is 0.262 e. The third kappa shape index (κ3) is 7.82. The van der Waals surface area contributed by atoms with Gasteiger partial charge in [-0.3, -0.25) is 9.52 Å². The van der Waals surface area contributed by atoms with Crippen LogP contribution in [0.5, 0.6) is 5.75 Å². The van der Waals surface area contributed by atoms with E-state index in [0.717, 1.165) is 31.4 Å². The molecule has 1 amide bonds. The van der Waals surface area contributed by atoms with Crippen molar-refractivity contribution in [2.75, 3.05) is 57.7 Å². The summed E-state index contributed by atoms with van der Waals surface area (Å²) in [6, 6.07) is 11.5. The Morgan fingerprint density at radius 2 is 1.94 bits per heavy atom. The molecule has 1 unspecified atom stereocenters. The number of methoxy groups -OCH3 is 1.